The van der Waals surface area contributed by atoms with Gasteiger partial charge in [-0.2, -0.15) is 0 Å². The smallest absolute Gasteiger partial charge is 0.273 e. The van der Waals surface area contributed by atoms with Crippen molar-refractivity contribution in [2.45, 2.75) is 38.8 Å². The second-order valence-electron chi connectivity index (χ2n) is 6.10. The lowest BCUT2D eigenvalue weighted by Crippen LogP contribution is -2.46. The van der Waals surface area contributed by atoms with Crippen molar-refractivity contribution in [3.05, 3.63) is 53.7 Å². The van der Waals surface area contributed by atoms with Crippen LogP contribution < -0.4 is 16.8 Å². The van der Waals surface area contributed by atoms with E-state index in [0.29, 0.717) is 12.3 Å². The van der Waals surface area contributed by atoms with Gasteiger partial charge in [0, 0.05) is 6.42 Å². The lowest BCUT2D eigenvalue weighted by molar-refractivity contribution is -0.119. The van der Waals surface area contributed by atoms with E-state index in [9.17, 15) is 9.59 Å². The minimum Gasteiger partial charge on any atom is -0.446 e. The second kappa shape index (κ2) is 8.43. The van der Waals surface area contributed by atoms with Crippen LogP contribution in [0.1, 0.15) is 48.3 Å². The number of amides is 2. The molecule has 0 fully saturated rings. The lowest BCUT2D eigenvalue weighted by atomic mass is 10.0. The number of nitrogens with two attached hydrogens (primary N) is 2. The summed E-state index contributed by atoms with van der Waals surface area (Å²) in [5.74, 6) is -0.660. The zero-order valence-electron chi connectivity index (χ0n) is 14.4. The molecule has 0 aliphatic carbocycles. The molecule has 3 atom stereocenters. The van der Waals surface area contributed by atoms with Gasteiger partial charge in [-0.25, -0.2) is 4.98 Å². The third-order valence-electron chi connectivity index (χ3n) is 4.23. The van der Waals surface area contributed by atoms with Gasteiger partial charge in [0.15, 0.2) is 5.69 Å². The maximum atomic E-state index is 12.3. The molecule has 2 amide bonds. The number of oxazole rings is 1. The topological polar surface area (TPSA) is 124 Å². The van der Waals surface area contributed by atoms with E-state index in [1.807, 2.05) is 44.2 Å². The number of hydrogen-bond acceptors (Lipinski definition) is 5. The predicted molar refractivity (Wildman–Crippen MR) is 93.5 cm³/mol. The molecule has 0 bridgehead atoms. The third-order valence-corrected chi connectivity index (χ3v) is 4.23. The van der Waals surface area contributed by atoms with E-state index in [1.165, 1.54) is 6.26 Å². The first-order valence-corrected chi connectivity index (χ1v) is 8.27. The van der Waals surface area contributed by atoms with Crippen molar-refractivity contribution in [2.75, 3.05) is 0 Å². The van der Waals surface area contributed by atoms with Crippen LogP contribution in [0.25, 0.3) is 0 Å². The van der Waals surface area contributed by atoms with Gasteiger partial charge in [-0.15, -0.1) is 0 Å². The van der Waals surface area contributed by atoms with E-state index in [2.05, 4.69) is 10.3 Å². The van der Waals surface area contributed by atoms with Crippen molar-refractivity contribution in [1.82, 2.24) is 10.3 Å². The molecule has 1 heterocycles. The molecule has 3 unspecified atom stereocenters. The Bertz CT molecular complexity index is 714. The zero-order valence-corrected chi connectivity index (χ0v) is 14.4. The quantitative estimate of drug-likeness (QED) is 0.670. The molecule has 2 rings (SSSR count). The highest BCUT2D eigenvalue weighted by Crippen LogP contribution is 2.21. The summed E-state index contributed by atoms with van der Waals surface area (Å²) < 4.78 is 5.32. The molecule has 0 aliphatic heterocycles. The SMILES string of the molecule is CCC(C)C(N)c1nc(C(=O)NC(Cc2ccccc2)C(N)=O)co1. The molecule has 5 N–H and O–H groups in total. The Morgan fingerprint density at radius 1 is 1.28 bits per heavy atom. The van der Waals surface area contributed by atoms with Crippen LogP contribution in [0, 0.1) is 5.92 Å². The molecule has 134 valence electrons. The highest BCUT2D eigenvalue weighted by atomic mass is 16.3. The number of rotatable bonds is 8. The van der Waals surface area contributed by atoms with Crippen molar-refractivity contribution >= 4 is 11.8 Å². The normalized spacial score (nSPS) is 14.5. The van der Waals surface area contributed by atoms with Gasteiger partial charge in [0.25, 0.3) is 5.91 Å². The molecule has 0 saturated carbocycles. The van der Waals surface area contributed by atoms with Gasteiger partial charge in [-0.1, -0.05) is 50.6 Å². The minimum atomic E-state index is -0.835. The fourth-order valence-electron chi connectivity index (χ4n) is 2.35. The molecule has 7 heteroatoms. The third kappa shape index (κ3) is 4.90. The Hall–Kier alpha value is -2.67. The monoisotopic (exact) mass is 344 g/mol. The van der Waals surface area contributed by atoms with E-state index < -0.39 is 17.9 Å². The van der Waals surface area contributed by atoms with Gasteiger partial charge in [-0.05, 0) is 11.5 Å². The number of aromatic nitrogens is 1. The maximum Gasteiger partial charge on any atom is 0.273 e. The van der Waals surface area contributed by atoms with Crippen LogP contribution in [0.15, 0.2) is 41.0 Å². The van der Waals surface area contributed by atoms with Crippen LogP contribution in [0.5, 0.6) is 0 Å². The fourth-order valence-corrected chi connectivity index (χ4v) is 2.35. The van der Waals surface area contributed by atoms with Crippen LogP contribution in [0.2, 0.25) is 0 Å². The van der Waals surface area contributed by atoms with E-state index in [1.54, 1.807) is 0 Å². The van der Waals surface area contributed by atoms with Gasteiger partial charge < -0.3 is 21.2 Å². The Labute approximate surface area is 146 Å². The molecule has 0 radical (unpaired) electrons. The maximum absolute atomic E-state index is 12.3. The summed E-state index contributed by atoms with van der Waals surface area (Å²) in [6.07, 6.45) is 2.42. The first-order chi connectivity index (χ1) is 11.9. The highest BCUT2D eigenvalue weighted by Gasteiger charge is 2.24. The summed E-state index contributed by atoms with van der Waals surface area (Å²) >= 11 is 0. The van der Waals surface area contributed by atoms with E-state index in [4.69, 9.17) is 15.9 Å². The van der Waals surface area contributed by atoms with Crippen LogP contribution in [0.4, 0.5) is 0 Å². The largest absolute Gasteiger partial charge is 0.446 e. The standard InChI is InChI=1S/C18H24N4O3/c1-3-11(2)15(19)18-22-14(10-25-18)17(24)21-13(16(20)23)9-12-7-5-4-6-8-12/h4-8,10-11,13,15H,3,9,19H2,1-2H3,(H2,20,23)(H,21,24). The van der Waals surface area contributed by atoms with Crippen LogP contribution in [-0.4, -0.2) is 22.8 Å². The molecular weight excluding hydrogens is 320 g/mol. The minimum absolute atomic E-state index is 0.0769. The van der Waals surface area contributed by atoms with E-state index >= 15 is 0 Å². The van der Waals surface area contributed by atoms with Gasteiger partial charge in [0.05, 0.1) is 6.04 Å². The molecular formula is C18H24N4O3. The molecule has 1 aromatic heterocycles. The van der Waals surface area contributed by atoms with Crippen molar-refractivity contribution < 1.29 is 14.0 Å². The van der Waals surface area contributed by atoms with Crippen LogP contribution in [0.3, 0.4) is 0 Å². The zero-order chi connectivity index (χ0) is 18.4. The van der Waals surface area contributed by atoms with Crippen molar-refractivity contribution in [2.24, 2.45) is 17.4 Å². The average molecular weight is 344 g/mol. The van der Waals surface area contributed by atoms with Crippen LogP contribution >= 0.6 is 0 Å². The van der Waals surface area contributed by atoms with Gasteiger partial charge >= 0.3 is 0 Å². The number of carbonyl (C=O) groups excluding carboxylic acids is 2. The number of nitrogens with one attached hydrogen (secondary N) is 1. The molecule has 7 nitrogen and oxygen atoms in total. The number of carbonyl (C=O) groups is 2. The molecule has 0 saturated heterocycles. The Balaban J connectivity index is 2.06. The Morgan fingerprint density at radius 2 is 1.96 bits per heavy atom. The summed E-state index contributed by atoms with van der Waals surface area (Å²) in [6, 6.07) is 8.09. The van der Waals surface area contributed by atoms with Crippen molar-refractivity contribution in [3.63, 3.8) is 0 Å². The average Bonchev–Trinajstić information content (AvgIpc) is 3.10. The number of benzene rings is 1. The number of hydrogen-bond donors (Lipinski definition) is 3. The van der Waals surface area contributed by atoms with E-state index in [-0.39, 0.29) is 17.7 Å². The summed E-state index contributed by atoms with van der Waals surface area (Å²) in [6.45, 7) is 4.00. The molecule has 2 aromatic rings. The highest BCUT2D eigenvalue weighted by molar-refractivity contribution is 5.95. The summed E-state index contributed by atoms with van der Waals surface area (Å²) in [7, 11) is 0. The van der Waals surface area contributed by atoms with Crippen molar-refractivity contribution in [1.29, 1.82) is 0 Å². The Morgan fingerprint density at radius 3 is 2.56 bits per heavy atom. The molecule has 1 aromatic carbocycles. The van der Waals surface area contributed by atoms with Crippen molar-refractivity contribution in [3.8, 4) is 0 Å². The molecule has 0 aliphatic rings. The van der Waals surface area contributed by atoms with Gasteiger partial charge in [0.1, 0.15) is 12.3 Å². The van der Waals surface area contributed by atoms with Gasteiger partial charge in [0.2, 0.25) is 11.8 Å². The lowest BCUT2D eigenvalue weighted by Gasteiger charge is -2.15. The number of nitrogens with zero attached hydrogens (tertiary/aromatic N) is 1. The second-order valence-corrected chi connectivity index (χ2v) is 6.10. The molecule has 0 spiro atoms. The summed E-state index contributed by atoms with van der Waals surface area (Å²) in [5.41, 5.74) is 12.4. The first-order valence-electron chi connectivity index (χ1n) is 8.27. The first kappa shape index (κ1) is 18.7. The number of primary amides is 1. The molecule has 25 heavy (non-hydrogen) atoms. The fraction of sp³-hybridized carbons (Fsp3) is 0.389. The van der Waals surface area contributed by atoms with Gasteiger partial charge in [-0.3, -0.25) is 9.59 Å². The summed E-state index contributed by atoms with van der Waals surface area (Å²) in [4.78, 5) is 28.1. The van der Waals surface area contributed by atoms with E-state index in [0.717, 1.165) is 12.0 Å². The summed E-state index contributed by atoms with van der Waals surface area (Å²) in [5, 5.41) is 2.60. The van der Waals surface area contributed by atoms with Crippen LogP contribution in [-0.2, 0) is 11.2 Å². The predicted octanol–water partition coefficient (Wildman–Crippen LogP) is 1.55. The Kier molecular flexibility index (Phi) is 6.30.